The van der Waals surface area contributed by atoms with Gasteiger partial charge in [0.05, 0.1) is 0 Å². The Balaban J connectivity index is 1.95. The summed E-state index contributed by atoms with van der Waals surface area (Å²) in [4.78, 5) is 4.42. The lowest BCUT2D eigenvalue weighted by molar-refractivity contribution is 0.630. The number of benzene rings is 2. The second kappa shape index (κ2) is 5.47. The van der Waals surface area contributed by atoms with Gasteiger partial charge >= 0.3 is 0 Å². The van der Waals surface area contributed by atoms with Gasteiger partial charge in [-0.05, 0) is 23.3 Å². The van der Waals surface area contributed by atoms with E-state index in [-0.39, 0.29) is 6.04 Å². The number of nitrogens with two attached hydrogens (primary N) is 1. The molecule has 3 rings (SSSR count). The molecule has 2 aromatic carbocycles. The standard InChI is InChI=1S/C17H19N3/c1-2-20-11-10-19-17(20)12-16(18)15-9-5-7-13-6-3-4-8-14(13)15/h3-11,16H,2,12,18H2,1H3. The lowest BCUT2D eigenvalue weighted by Crippen LogP contribution is -2.16. The Morgan fingerprint density at radius 1 is 1.15 bits per heavy atom. The maximum Gasteiger partial charge on any atom is 0.110 e. The molecule has 0 radical (unpaired) electrons. The van der Waals surface area contributed by atoms with Crippen LogP contribution in [0.15, 0.2) is 54.9 Å². The number of hydrogen-bond donors (Lipinski definition) is 1. The fraction of sp³-hybridized carbons (Fsp3) is 0.235. The zero-order valence-electron chi connectivity index (χ0n) is 11.7. The lowest BCUT2D eigenvalue weighted by Gasteiger charge is -2.15. The van der Waals surface area contributed by atoms with Crippen molar-refractivity contribution in [1.29, 1.82) is 0 Å². The number of imidazole rings is 1. The molecule has 3 aromatic rings. The molecule has 0 spiro atoms. The van der Waals surface area contributed by atoms with Gasteiger partial charge in [-0.1, -0.05) is 42.5 Å². The third-order valence-corrected chi connectivity index (χ3v) is 3.77. The summed E-state index contributed by atoms with van der Waals surface area (Å²) in [5.74, 6) is 1.05. The molecule has 3 heteroatoms. The maximum atomic E-state index is 6.42. The molecule has 0 aliphatic carbocycles. The van der Waals surface area contributed by atoms with E-state index in [2.05, 4.69) is 58.9 Å². The van der Waals surface area contributed by atoms with Crippen LogP contribution >= 0.6 is 0 Å². The average Bonchev–Trinajstić information content (AvgIpc) is 2.93. The van der Waals surface area contributed by atoms with Crippen molar-refractivity contribution in [2.24, 2.45) is 5.73 Å². The molecule has 0 bridgehead atoms. The van der Waals surface area contributed by atoms with Crippen molar-refractivity contribution in [3.63, 3.8) is 0 Å². The molecule has 1 aromatic heterocycles. The van der Waals surface area contributed by atoms with Gasteiger partial charge in [0.1, 0.15) is 5.82 Å². The molecule has 0 aliphatic heterocycles. The van der Waals surface area contributed by atoms with Crippen LogP contribution < -0.4 is 5.73 Å². The Morgan fingerprint density at radius 3 is 2.80 bits per heavy atom. The van der Waals surface area contributed by atoms with Gasteiger partial charge < -0.3 is 10.3 Å². The van der Waals surface area contributed by atoms with Crippen molar-refractivity contribution in [3.05, 3.63) is 66.2 Å². The average molecular weight is 265 g/mol. The number of aryl methyl sites for hydroxylation is 1. The molecule has 0 saturated heterocycles. The molecular formula is C17H19N3. The SMILES string of the molecule is CCn1ccnc1CC(N)c1cccc2ccccc12. The van der Waals surface area contributed by atoms with E-state index in [0.717, 1.165) is 18.8 Å². The van der Waals surface area contributed by atoms with Gasteiger partial charge in [0.15, 0.2) is 0 Å². The van der Waals surface area contributed by atoms with Crippen LogP contribution in [0.3, 0.4) is 0 Å². The third-order valence-electron chi connectivity index (χ3n) is 3.77. The van der Waals surface area contributed by atoms with E-state index in [4.69, 9.17) is 5.73 Å². The van der Waals surface area contributed by atoms with Crippen LogP contribution in [-0.4, -0.2) is 9.55 Å². The Labute approximate surface area is 119 Å². The van der Waals surface area contributed by atoms with E-state index >= 15 is 0 Å². The van der Waals surface area contributed by atoms with Crippen molar-refractivity contribution in [3.8, 4) is 0 Å². The van der Waals surface area contributed by atoms with Crippen molar-refractivity contribution in [2.75, 3.05) is 0 Å². The van der Waals surface area contributed by atoms with Crippen LogP contribution in [0.1, 0.15) is 24.4 Å². The summed E-state index contributed by atoms with van der Waals surface area (Å²) in [6, 6.07) is 14.7. The minimum Gasteiger partial charge on any atom is -0.335 e. The molecule has 20 heavy (non-hydrogen) atoms. The molecule has 102 valence electrons. The summed E-state index contributed by atoms with van der Waals surface area (Å²) in [6.07, 6.45) is 4.61. The number of hydrogen-bond acceptors (Lipinski definition) is 2. The molecule has 0 aliphatic rings. The zero-order chi connectivity index (χ0) is 13.9. The second-order valence-corrected chi connectivity index (χ2v) is 5.01. The van der Waals surface area contributed by atoms with Crippen LogP contribution in [0, 0.1) is 0 Å². The first kappa shape index (κ1) is 12.9. The molecule has 0 amide bonds. The summed E-state index contributed by atoms with van der Waals surface area (Å²) >= 11 is 0. The van der Waals surface area contributed by atoms with Gasteiger partial charge in [0.2, 0.25) is 0 Å². The molecule has 1 atom stereocenters. The Hall–Kier alpha value is -2.13. The quantitative estimate of drug-likeness (QED) is 0.786. The van der Waals surface area contributed by atoms with E-state index in [0.29, 0.717) is 0 Å². The molecular weight excluding hydrogens is 246 g/mol. The molecule has 2 N–H and O–H groups in total. The zero-order valence-corrected chi connectivity index (χ0v) is 11.7. The van der Waals surface area contributed by atoms with Crippen LogP contribution in [0.25, 0.3) is 10.8 Å². The van der Waals surface area contributed by atoms with Crippen molar-refractivity contribution < 1.29 is 0 Å². The van der Waals surface area contributed by atoms with Gasteiger partial charge in [0, 0.05) is 31.4 Å². The third kappa shape index (κ3) is 2.32. The second-order valence-electron chi connectivity index (χ2n) is 5.01. The largest absolute Gasteiger partial charge is 0.335 e. The monoisotopic (exact) mass is 265 g/mol. The Bertz CT molecular complexity index is 710. The first-order chi connectivity index (χ1) is 9.79. The predicted octanol–water partition coefficient (Wildman–Crippen LogP) is 3.30. The maximum absolute atomic E-state index is 6.42. The van der Waals surface area contributed by atoms with Gasteiger partial charge in [-0.2, -0.15) is 0 Å². The van der Waals surface area contributed by atoms with Crippen LogP contribution in [0.2, 0.25) is 0 Å². The van der Waals surface area contributed by atoms with Crippen LogP contribution in [0.5, 0.6) is 0 Å². The van der Waals surface area contributed by atoms with E-state index in [9.17, 15) is 0 Å². The van der Waals surface area contributed by atoms with E-state index in [1.165, 1.54) is 16.3 Å². The lowest BCUT2D eigenvalue weighted by atomic mass is 9.97. The summed E-state index contributed by atoms with van der Waals surface area (Å²) in [5.41, 5.74) is 7.61. The summed E-state index contributed by atoms with van der Waals surface area (Å²) in [5, 5.41) is 2.47. The highest BCUT2D eigenvalue weighted by Crippen LogP contribution is 2.24. The first-order valence-corrected chi connectivity index (χ1v) is 7.03. The minimum atomic E-state index is -0.0335. The van der Waals surface area contributed by atoms with Crippen LogP contribution in [-0.2, 0) is 13.0 Å². The molecule has 0 fully saturated rings. The summed E-state index contributed by atoms with van der Waals surface area (Å²) < 4.78 is 2.14. The van der Waals surface area contributed by atoms with E-state index in [1.54, 1.807) is 0 Å². The molecule has 0 saturated carbocycles. The normalized spacial score (nSPS) is 12.7. The van der Waals surface area contributed by atoms with Crippen molar-refractivity contribution >= 4 is 10.8 Å². The molecule has 3 nitrogen and oxygen atoms in total. The number of rotatable bonds is 4. The summed E-state index contributed by atoms with van der Waals surface area (Å²) in [6.45, 7) is 3.05. The smallest absolute Gasteiger partial charge is 0.110 e. The van der Waals surface area contributed by atoms with Gasteiger partial charge in [-0.15, -0.1) is 0 Å². The van der Waals surface area contributed by atoms with E-state index < -0.39 is 0 Å². The fourth-order valence-electron chi connectivity index (χ4n) is 2.70. The van der Waals surface area contributed by atoms with Gasteiger partial charge in [-0.3, -0.25) is 0 Å². The fourth-order valence-corrected chi connectivity index (χ4v) is 2.70. The van der Waals surface area contributed by atoms with Crippen LogP contribution in [0.4, 0.5) is 0 Å². The number of nitrogens with zero attached hydrogens (tertiary/aromatic N) is 2. The topological polar surface area (TPSA) is 43.8 Å². The van der Waals surface area contributed by atoms with Crippen molar-refractivity contribution in [2.45, 2.75) is 25.9 Å². The Kier molecular flexibility index (Phi) is 3.52. The molecule has 1 unspecified atom stereocenters. The number of fused-ring (bicyclic) bond motifs is 1. The van der Waals surface area contributed by atoms with Gasteiger partial charge in [0.25, 0.3) is 0 Å². The first-order valence-electron chi connectivity index (χ1n) is 7.03. The highest BCUT2D eigenvalue weighted by atomic mass is 15.1. The predicted molar refractivity (Wildman–Crippen MR) is 82.5 cm³/mol. The summed E-state index contributed by atoms with van der Waals surface area (Å²) in [7, 11) is 0. The number of aromatic nitrogens is 2. The van der Waals surface area contributed by atoms with Gasteiger partial charge in [-0.25, -0.2) is 4.98 Å². The van der Waals surface area contributed by atoms with E-state index in [1.807, 2.05) is 12.4 Å². The van der Waals surface area contributed by atoms with Crippen molar-refractivity contribution in [1.82, 2.24) is 9.55 Å². The Morgan fingerprint density at radius 2 is 1.95 bits per heavy atom. The highest BCUT2D eigenvalue weighted by molar-refractivity contribution is 5.86. The minimum absolute atomic E-state index is 0.0335. The molecule has 1 heterocycles. The highest BCUT2D eigenvalue weighted by Gasteiger charge is 2.13.